The highest BCUT2D eigenvalue weighted by Gasteiger charge is 2.43. The van der Waals surface area contributed by atoms with Gasteiger partial charge in [0.05, 0.1) is 18.8 Å². The Morgan fingerprint density at radius 2 is 2.22 bits per heavy atom. The minimum absolute atomic E-state index is 0.0597. The standard InChI is InChI=1S/C14H27NO3/c1-13(2,16-3)7-5-12-14(18-10-8-15-12)6-4-9-17-11-14/h12,15H,4-11H2,1-3H3. The van der Waals surface area contributed by atoms with E-state index in [1.807, 2.05) is 0 Å². The molecule has 2 rings (SSSR count). The summed E-state index contributed by atoms with van der Waals surface area (Å²) < 4.78 is 17.2. The van der Waals surface area contributed by atoms with Gasteiger partial charge in [-0.25, -0.2) is 0 Å². The third-order valence-corrected chi connectivity index (χ3v) is 4.34. The first-order valence-electron chi connectivity index (χ1n) is 7.08. The Hall–Kier alpha value is -0.160. The summed E-state index contributed by atoms with van der Waals surface area (Å²) in [5.74, 6) is 0. The van der Waals surface area contributed by atoms with Crippen molar-refractivity contribution in [2.75, 3.05) is 33.5 Å². The summed E-state index contributed by atoms with van der Waals surface area (Å²) in [7, 11) is 1.78. The molecule has 2 aliphatic heterocycles. The van der Waals surface area contributed by atoms with Gasteiger partial charge in [-0.05, 0) is 39.5 Å². The van der Waals surface area contributed by atoms with Crippen LogP contribution in [0, 0.1) is 0 Å². The zero-order chi connectivity index (χ0) is 13.1. The summed E-state index contributed by atoms with van der Waals surface area (Å²) in [6.45, 7) is 7.63. The average Bonchev–Trinajstić information content (AvgIpc) is 2.39. The number of hydrogen-bond donors (Lipinski definition) is 1. The van der Waals surface area contributed by atoms with Gasteiger partial charge in [0.15, 0.2) is 0 Å². The van der Waals surface area contributed by atoms with Gasteiger partial charge in [0, 0.05) is 26.3 Å². The zero-order valence-electron chi connectivity index (χ0n) is 12.0. The molecule has 0 radical (unpaired) electrons. The van der Waals surface area contributed by atoms with Crippen molar-refractivity contribution in [2.45, 2.75) is 56.8 Å². The van der Waals surface area contributed by atoms with Crippen LogP contribution in [0.1, 0.15) is 39.5 Å². The minimum atomic E-state index is -0.0969. The van der Waals surface area contributed by atoms with Crippen molar-refractivity contribution in [1.82, 2.24) is 5.32 Å². The summed E-state index contributed by atoms with van der Waals surface area (Å²) in [5.41, 5.74) is -0.157. The van der Waals surface area contributed by atoms with Gasteiger partial charge < -0.3 is 19.5 Å². The third-order valence-electron chi connectivity index (χ3n) is 4.34. The molecule has 0 aromatic heterocycles. The lowest BCUT2D eigenvalue weighted by molar-refractivity contribution is -0.166. The maximum atomic E-state index is 6.09. The second kappa shape index (κ2) is 5.87. The smallest absolute Gasteiger partial charge is 0.107 e. The van der Waals surface area contributed by atoms with Crippen molar-refractivity contribution in [3.05, 3.63) is 0 Å². The molecule has 2 saturated heterocycles. The lowest BCUT2D eigenvalue weighted by Crippen LogP contribution is -2.62. The molecule has 0 bridgehead atoms. The lowest BCUT2D eigenvalue weighted by Gasteiger charge is -2.47. The van der Waals surface area contributed by atoms with E-state index in [0.29, 0.717) is 6.04 Å². The molecule has 2 unspecified atom stereocenters. The highest BCUT2D eigenvalue weighted by atomic mass is 16.5. The van der Waals surface area contributed by atoms with E-state index in [4.69, 9.17) is 14.2 Å². The predicted molar refractivity (Wildman–Crippen MR) is 70.8 cm³/mol. The number of nitrogens with one attached hydrogen (secondary N) is 1. The predicted octanol–water partition coefficient (Wildman–Crippen LogP) is 1.73. The maximum Gasteiger partial charge on any atom is 0.107 e. The SMILES string of the molecule is COC(C)(C)CCC1NCCOC12CCCOC2. The summed E-state index contributed by atoms with van der Waals surface area (Å²) in [6.07, 6.45) is 4.32. The first-order chi connectivity index (χ1) is 8.58. The Bertz CT molecular complexity index is 254. The third kappa shape index (κ3) is 3.23. The molecule has 0 amide bonds. The van der Waals surface area contributed by atoms with Crippen LogP contribution in [0.3, 0.4) is 0 Å². The topological polar surface area (TPSA) is 39.7 Å². The molecule has 2 fully saturated rings. The highest BCUT2D eigenvalue weighted by Crippen LogP contribution is 2.32. The van der Waals surface area contributed by atoms with Crippen LogP contribution < -0.4 is 5.32 Å². The number of morpholine rings is 1. The van der Waals surface area contributed by atoms with Gasteiger partial charge in [-0.1, -0.05) is 0 Å². The largest absolute Gasteiger partial charge is 0.379 e. The molecule has 18 heavy (non-hydrogen) atoms. The van der Waals surface area contributed by atoms with Crippen LogP contribution in [-0.4, -0.2) is 50.7 Å². The van der Waals surface area contributed by atoms with Crippen molar-refractivity contribution < 1.29 is 14.2 Å². The van der Waals surface area contributed by atoms with E-state index >= 15 is 0 Å². The summed E-state index contributed by atoms with van der Waals surface area (Å²) in [4.78, 5) is 0. The highest BCUT2D eigenvalue weighted by molar-refractivity contribution is 4.98. The Morgan fingerprint density at radius 1 is 1.39 bits per heavy atom. The van der Waals surface area contributed by atoms with Gasteiger partial charge in [0.1, 0.15) is 5.60 Å². The minimum Gasteiger partial charge on any atom is -0.379 e. The number of rotatable bonds is 4. The van der Waals surface area contributed by atoms with Gasteiger partial charge in [0.2, 0.25) is 0 Å². The molecule has 0 saturated carbocycles. The van der Waals surface area contributed by atoms with Gasteiger partial charge in [-0.15, -0.1) is 0 Å². The molecule has 2 atom stereocenters. The second-order valence-electron chi connectivity index (χ2n) is 6.08. The van der Waals surface area contributed by atoms with Crippen LogP contribution in [-0.2, 0) is 14.2 Å². The molecule has 0 aromatic rings. The molecule has 2 aliphatic rings. The van der Waals surface area contributed by atoms with Crippen LogP contribution in [0.25, 0.3) is 0 Å². The number of ether oxygens (including phenoxy) is 3. The summed E-state index contributed by atoms with van der Waals surface area (Å²) in [6, 6.07) is 0.390. The monoisotopic (exact) mass is 257 g/mol. The zero-order valence-corrected chi connectivity index (χ0v) is 12.0. The molecule has 1 N–H and O–H groups in total. The molecule has 2 heterocycles. The van der Waals surface area contributed by atoms with Crippen molar-refractivity contribution in [3.63, 3.8) is 0 Å². The fourth-order valence-electron chi connectivity index (χ4n) is 2.91. The molecule has 4 heteroatoms. The Labute approximate surface area is 110 Å². The first kappa shape index (κ1) is 14.3. The lowest BCUT2D eigenvalue weighted by atomic mass is 9.82. The van der Waals surface area contributed by atoms with E-state index in [-0.39, 0.29) is 11.2 Å². The Kier molecular flexibility index (Phi) is 4.64. The molecule has 1 spiro atoms. The van der Waals surface area contributed by atoms with Crippen molar-refractivity contribution >= 4 is 0 Å². The van der Waals surface area contributed by atoms with E-state index in [9.17, 15) is 0 Å². The average molecular weight is 257 g/mol. The molecular weight excluding hydrogens is 230 g/mol. The number of hydrogen-bond acceptors (Lipinski definition) is 4. The van der Waals surface area contributed by atoms with Crippen LogP contribution in [0.15, 0.2) is 0 Å². The molecule has 0 aromatic carbocycles. The quantitative estimate of drug-likeness (QED) is 0.832. The Morgan fingerprint density at radius 3 is 2.89 bits per heavy atom. The second-order valence-corrected chi connectivity index (χ2v) is 6.08. The van der Waals surface area contributed by atoms with Crippen LogP contribution in [0.2, 0.25) is 0 Å². The van der Waals surface area contributed by atoms with E-state index in [2.05, 4.69) is 19.2 Å². The van der Waals surface area contributed by atoms with Crippen LogP contribution in [0.5, 0.6) is 0 Å². The van der Waals surface area contributed by atoms with E-state index < -0.39 is 0 Å². The van der Waals surface area contributed by atoms with Gasteiger partial charge in [-0.3, -0.25) is 0 Å². The van der Waals surface area contributed by atoms with Gasteiger partial charge in [-0.2, -0.15) is 0 Å². The molecule has 4 nitrogen and oxygen atoms in total. The van der Waals surface area contributed by atoms with E-state index in [0.717, 1.165) is 52.0 Å². The maximum absolute atomic E-state index is 6.09. The van der Waals surface area contributed by atoms with E-state index in [1.54, 1.807) is 7.11 Å². The van der Waals surface area contributed by atoms with Crippen LogP contribution in [0.4, 0.5) is 0 Å². The fraction of sp³-hybridized carbons (Fsp3) is 1.00. The summed E-state index contributed by atoms with van der Waals surface area (Å²) >= 11 is 0. The molecule has 106 valence electrons. The number of methoxy groups -OCH3 is 1. The van der Waals surface area contributed by atoms with Crippen molar-refractivity contribution in [3.8, 4) is 0 Å². The van der Waals surface area contributed by atoms with Crippen molar-refractivity contribution in [1.29, 1.82) is 0 Å². The molecule has 0 aliphatic carbocycles. The first-order valence-corrected chi connectivity index (χ1v) is 7.08. The van der Waals surface area contributed by atoms with Gasteiger partial charge >= 0.3 is 0 Å². The molecular formula is C14H27NO3. The normalized spacial score (nSPS) is 33.8. The Balaban J connectivity index is 1.95. The van der Waals surface area contributed by atoms with Gasteiger partial charge in [0.25, 0.3) is 0 Å². The van der Waals surface area contributed by atoms with Crippen molar-refractivity contribution in [2.24, 2.45) is 0 Å². The fourth-order valence-corrected chi connectivity index (χ4v) is 2.91. The van der Waals surface area contributed by atoms with E-state index in [1.165, 1.54) is 0 Å². The van der Waals surface area contributed by atoms with Crippen LogP contribution >= 0.6 is 0 Å². The summed E-state index contributed by atoms with van der Waals surface area (Å²) in [5, 5.41) is 3.62.